The van der Waals surface area contributed by atoms with Gasteiger partial charge in [-0.25, -0.2) is 0 Å². The number of amides is 1. The Morgan fingerprint density at radius 1 is 1.16 bits per heavy atom. The average Bonchev–Trinajstić information content (AvgIpc) is 3.43. The second kappa shape index (κ2) is 10.0. The van der Waals surface area contributed by atoms with Crippen molar-refractivity contribution >= 4 is 18.1 Å². The molecule has 0 bridgehead atoms. The van der Waals surface area contributed by atoms with Gasteiger partial charge in [0.25, 0.3) is 0 Å². The number of carbonyl (C=O) groups excluding carboxylic acids is 1. The number of aryl methyl sites for hydroxylation is 1. The molecule has 31 heavy (non-hydrogen) atoms. The van der Waals surface area contributed by atoms with Gasteiger partial charge in [-0.2, -0.15) is 5.10 Å². The summed E-state index contributed by atoms with van der Waals surface area (Å²) >= 11 is 5.41. The van der Waals surface area contributed by atoms with E-state index in [1.165, 1.54) is 18.4 Å². The molecule has 2 aromatic carbocycles. The van der Waals surface area contributed by atoms with E-state index >= 15 is 0 Å². The van der Waals surface area contributed by atoms with E-state index in [0.717, 1.165) is 30.0 Å². The second-order valence-corrected chi connectivity index (χ2v) is 8.48. The van der Waals surface area contributed by atoms with Crippen LogP contribution in [0.15, 0.2) is 54.6 Å². The topological polar surface area (TPSA) is 66.0 Å². The van der Waals surface area contributed by atoms with Gasteiger partial charge in [-0.3, -0.25) is 19.4 Å². The smallest absolute Gasteiger partial charge is 0.221 e. The number of rotatable bonds is 8. The summed E-state index contributed by atoms with van der Waals surface area (Å²) in [6, 6.07) is 18.8. The first-order valence-corrected chi connectivity index (χ1v) is 11.3. The van der Waals surface area contributed by atoms with Crippen LogP contribution in [-0.4, -0.2) is 45.2 Å². The Morgan fingerprint density at radius 2 is 1.94 bits per heavy atom. The predicted molar refractivity (Wildman–Crippen MR) is 125 cm³/mol. The Bertz CT molecular complexity index is 1070. The highest BCUT2D eigenvalue weighted by Crippen LogP contribution is 2.24. The van der Waals surface area contributed by atoms with Crippen LogP contribution in [0.2, 0.25) is 0 Å². The number of carbonyl (C=O) groups is 1. The number of H-pyrrole nitrogens is 1. The molecule has 2 N–H and O–H groups in total. The molecule has 1 fully saturated rings. The van der Waals surface area contributed by atoms with E-state index in [2.05, 4.69) is 50.7 Å². The molecule has 0 spiro atoms. The first-order chi connectivity index (χ1) is 15.1. The summed E-state index contributed by atoms with van der Waals surface area (Å²) in [5, 5.41) is 10.4. The highest BCUT2D eigenvalue weighted by Gasteiger charge is 2.23. The molecule has 1 aromatic heterocycles. The van der Waals surface area contributed by atoms with Gasteiger partial charge in [0, 0.05) is 25.1 Å². The fraction of sp³-hybridized carbons (Fsp3) is 0.375. The number of nitrogens with one attached hydrogen (secondary N) is 2. The van der Waals surface area contributed by atoms with Crippen molar-refractivity contribution in [1.82, 2.24) is 25.0 Å². The van der Waals surface area contributed by atoms with Gasteiger partial charge in [-0.15, -0.1) is 0 Å². The molecule has 0 aliphatic carbocycles. The van der Waals surface area contributed by atoms with Gasteiger partial charge in [0.05, 0.1) is 6.04 Å². The second-order valence-electron chi connectivity index (χ2n) is 8.10. The van der Waals surface area contributed by atoms with Crippen molar-refractivity contribution in [2.75, 3.05) is 19.6 Å². The molecule has 162 valence electrons. The van der Waals surface area contributed by atoms with Gasteiger partial charge < -0.3 is 5.32 Å². The van der Waals surface area contributed by atoms with E-state index in [1.54, 1.807) is 0 Å². The van der Waals surface area contributed by atoms with Crippen LogP contribution in [0, 0.1) is 11.7 Å². The van der Waals surface area contributed by atoms with E-state index in [-0.39, 0.29) is 11.9 Å². The number of hydrogen-bond donors (Lipinski definition) is 2. The Balaban J connectivity index is 1.39. The van der Waals surface area contributed by atoms with E-state index < -0.39 is 0 Å². The molecule has 3 aromatic rings. The van der Waals surface area contributed by atoms with Crippen molar-refractivity contribution in [2.45, 2.75) is 38.8 Å². The number of hydrogen-bond acceptors (Lipinski definition) is 4. The molecule has 2 heterocycles. The van der Waals surface area contributed by atoms with Crippen LogP contribution in [0.4, 0.5) is 0 Å². The molecule has 1 unspecified atom stereocenters. The minimum absolute atomic E-state index is 0.0263. The SMILES string of the molecule is Cc1cccc(-c2n[nH]c(=S)n2CCC(=O)NCC(c2ccccc2)N2CCCC2)c1. The van der Waals surface area contributed by atoms with Crippen molar-refractivity contribution in [3.63, 3.8) is 0 Å². The number of nitrogens with zero attached hydrogens (tertiary/aromatic N) is 3. The Hall–Kier alpha value is -2.77. The van der Waals surface area contributed by atoms with Gasteiger partial charge in [-0.1, -0.05) is 54.1 Å². The Morgan fingerprint density at radius 3 is 2.68 bits per heavy atom. The van der Waals surface area contributed by atoms with Gasteiger partial charge in [0.15, 0.2) is 10.6 Å². The Kier molecular flexibility index (Phi) is 6.94. The normalized spacial score (nSPS) is 15.1. The Labute approximate surface area is 188 Å². The molecule has 1 atom stereocenters. The van der Waals surface area contributed by atoms with Crippen LogP contribution < -0.4 is 5.32 Å². The lowest BCUT2D eigenvalue weighted by molar-refractivity contribution is -0.121. The molecular formula is C24H29N5OS. The molecule has 0 saturated carbocycles. The maximum atomic E-state index is 12.7. The highest BCUT2D eigenvalue weighted by atomic mass is 32.1. The zero-order valence-electron chi connectivity index (χ0n) is 17.9. The third-order valence-corrected chi connectivity index (χ3v) is 6.17. The first kappa shape index (κ1) is 21.5. The minimum atomic E-state index is 0.0263. The molecule has 4 rings (SSSR count). The minimum Gasteiger partial charge on any atom is -0.354 e. The van der Waals surface area contributed by atoms with Crippen LogP contribution in [0.1, 0.15) is 36.4 Å². The molecule has 1 saturated heterocycles. The van der Waals surface area contributed by atoms with Crippen molar-refractivity contribution in [1.29, 1.82) is 0 Å². The number of benzene rings is 2. The molecule has 1 aliphatic rings. The van der Waals surface area contributed by atoms with Crippen LogP contribution >= 0.6 is 12.2 Å². The van der Waals surface area contributed by atoms with Gasteiger partial charge in [0.1, 0.15) is 0 Å². The average molecular weight is 436 g/mol. The summed E-state index contributed by atoms with van der Waals surface area (Å²) in [4.78, 5) is 15.2. The van der Waals surface area contributed by atoms with Crippen LogP contribution in [0.3, 0.4) is 0 Å². The maximum Gasteiger partial charge on any atom is 0.221 e. The third kappa shape index (κ3) is 5.29. The number of aromatic amines is 1. The summed E-state index contributed by atoms with van der Waals surface area (Å²) < 4.78 is 2.43. The van der Waals surface area contributed by atoms with E-state index in [4.69, 9.17) is 12.2 Å². The number of aromatic nitrogens is 3. The molecular weight excluding hydrogens is 406 g/mol. The van der Waals surface area contributed by atoms with E-state index in [9.17, 15) is 4.79 Å². The largest absolute Gasteiger partial charge is 0.354 e. The zero-order valence-corrected chi connectivity index (χ0v) is 18.7. The van der Waals surface area contributed by atoms with E-state index in [1.807, 2.05) is 35.8 Å². The van der Waals surface area contributed by atoms with Crippen LogP contribution in [0.5, 0.6) is 0 Å². The summed E-state index contributed by atoms with van der Waals surface area (Å²) in [6.07, 6.45) is 2.80. The monoisotopic (exact) mass is 435 g/mol. The lowest BCUT2D eigenvalue weighted by Crippen LogP contribution is -2.37. The van der Waals surface area contributed by atoms with Crippen LogP contribution in [0.25, 0.3) is 11.4 Å². The molecule has 6 nitrogen and oxygen atoms in total. The summed E-state index contributed by atoms with van der Waals surface area (Å²) in [5.74, 6) is 0.791. The van der Waals surface area contributed by atoms with Crippen molar-refractivity contribution < 1.29 is 4.79 Å². The maximum absolute atomic E-state index is 12.7. The zero-order chi connectivity index (χ0) is 21.6. The van der Waals surface area contributed by atoms with Crippen molar-refractivity contribution in [2.24, 2.45) is 0 Å². The fourth-order valence-corrected chi connectivity index (χ4v) is 4.45. The first-order valence-electron chi connectivity index (χ1n) is 10.9. The number of likely N-dealkylation sites (tertiary alicyclic amines) is 1. The molecule has 1 amide bonds. The predicted octanol–water partition coefficient (Wildman–Crippen LogP) is 4.26. The van der Waals surface area contributed by atoms with E-state index in [0.29, 0.717) is 24.3 Å². The van der Waals surface area contributed by atoms with Gasteiger partial charge in [0.2, 0.25) is 5.91 Å². The molecule has 1 aliphatic heterocycles. The lowest BCUT2D eigenvalue weighted by Gasteiger charge is -2.28. The summed E-state index contributed by atoms with van der Waals surface area (Å²) in [6.45, 7) is 5.32. The van der Waals surface area contributed by atoms with Gasteiger partial charge >= 0.3 is 0 Å². The fourth-order valence-electron chi connectivity index (χ4n) is 4.23. The van der Waals surface area contributed by atoms with Crippen molar-refractivity contribution in [3.8, 4) is 11.4 Å². The molecule has 0 radical (unpaired) electrons. The summed E-state index contributed by atoms with van der Waals surface area (Å²) in [7, 11) is 0. The third-order valence-electron chi connectivity index (χ3n) is 5.86. The highest BCUT2D eigenvalue weighted by molar-refractivity contribution is 7.71. The summed E-state index contributed by atoms with van der Waals surface area (Å²) in [5.41, 5.74) is 3.40. The lowest BCUT2D eigenvalue weighted by atomic mass is 10.1. The standard InChI is InChI=1S/C24H29N5OS/c1-18-8-7-11-20(16-18)23-26-27-24(31)29(23)15-12-22(30)25-17-21(28-13-5-6-14-28)19-9-3-2-4-10-19/h2-4,7-11,16,21H,5-6,12-15,17H2,1H3,(H,25,30)(H,27,31). The van der Waals surface area contributed by atoms with Crippen molar-refractivity contribution in [3.05, 3.63) is 70.5 Å². The quantitative estimate of drug-likeness (QED) is 0.519. The molecule has 7 heteroatoms. The van der Waals surface area contributed by atoms with Gasteiger partial charge in [-0.05, 0) is 56.7 Å². The van der Waals surface area contributed by atoms with Crippen LogP contribution in [-0.2, 0) is 11.3 Å².